The molecule has 158 valence electrons. The SMILES string of the molecule is CC(C)(C)OC(=O)N1C[C@@H](c2ccc(C#N)cn2)C[C@@]1(N)C(=O)N1CCCC1C#N. The minimum atomic E-state index is -1.64. The molecule has 9 nitrogen and oxygen atoms in total. The molecule has 2 aliphatic rings. The number of aromatic nitrogens is 1. The summed E-state index contributed by atoms with van der Waals surface area (Å²) in [6.45, 7) is 5.81. The molecule has 3 atom stereocenters. The summed E-state index contributed by atoms with van der Waals surface area (Å²) in [5, 5.41) is 18.4. The molecule has 2 aliphatic heterocycles. The molecule has 3 rings (SSSR count). The van der Waals surface area contributed by atoms with Gasteiger partial charge in [-0.25, -0.2) is 4.79 Å². The molecule has 0 spiro atoms. The van der Waals surface area contributed by atoms with Crippen LogP contribution in [-0.4, -0.2) is 57.2 Å². The first-order chi connectivity index (χ1) is 14.1. The van der Waals surface area contributed by atoms with Crippen LogP contribution in [0, 0.1) is 22.7 Å². The van der Waals surface area contributed by atoms with Crippen LogP contribution in [0.5, 0.6) is 0 Å². The van der Waals surface area contributed by atoms with E-state index in [-0.39, 0.29) is 18.9 Å². The van der Waals surface area contributed by atoms with Gasteiger partial charge in [-0.1, -0.05) is 0 Å². The van der Waals surface area contributed by atoms with E-state index < -0.39 is 29.3 Å². The highest BCUT2D eigenvalue weighted by Crippen LogP contribution is 2.38. The number of pyridine rings is 1. The first kappa shape index (κ1) is 21.5. The van der Waals surface area contributed by atoms with Gasteiger partial charge in [-0.05, 0) is 45.7 Å². The van der Waals surface area contributed by atoms with E-state index >= 15 is 0 Å². The Morgan fingerprint density at radius 2 is 2.07 bits per heavy atom. The summed E-state index contributed by atoms with van der Waals surface area (Å²) in [7, 11) is 0. The average molecular weight is 410 g/mol. The molecule has 30 heavy (non-hydrogen) atoms. The molecule has 3 heterocycles. The van der Waals surface area contributed by atoms with Crippen molar-refractivity contribution in [1.29, 1.82) is 10.5 Å². The Morgan fingerprint density at radius 1 is 1.33 bits per heavy atom. The van der Waals surface area contributed by atoms with Gasteiger partial charge >= 0.3 is 6.09 Å². The van der Waals surface area contributed by atoms with Crippen LogP contribution in [0.25, 0.3) is 0 Å². The zero-order chi connectivity index (χ0) is 22.1. The predicted octanol–water partition coefficient (Wildman–Crippen LogP) is 1.85. The minimum Gasteiger partial charge on any atom is -0.444 e. The maximum absolute atomic E-state index is 13.4. The lowest BCUT2D eigenvalue weighted by atomic mass is 9.96. The lowest BCUT2D eigenvalue weighted by molar-refractivity contribution is -0.142. The minimum absolute atomic E-state index is 0.151. The van der Waals surface area contributed by atoms with Gasteiger partial charge in [-0.15, -0.1) is 0 Å². The quantitative estimate of drug-likeness (QED) is 0.785. The second-order valence-corrected chi connectivity index (χ2v) is 8.79. The summed E-state index contributed by atoms with van der Waals surface area (Å²) in [6.07, 6.45) is 2.23. The van der Waals surface area contributed by atoms with E-state index in [1.165, 1.54) is 16.0 Å². The monoisotopic (exact) mass is 410 g/mol. The van der Waals surface area contributed by atoms with Gasteiger partial charge in [0, 0.05) is 37.3 Å². The second kappa shape index (κ2) is 7.92. The van der Waals surface area contributed by atoms with Gasteiger partial charge in [0.25, 0.3) is 5.91 Å². The molecule has 0 saturated carbocycles. The molecule has 1 aromatic heterocycles. The standard InChI is InChI=1S/C21H26N6O3/c1-20(2,3)30-19(29)27-13-15(17-7-6-14(10-22)12-25-17)9-21(27,24)18(28)26-8-4-5-16(26)11-23/h6-7,12,15-16H,4-5,8-9,13,24H2,1-3H3/t15-,16?,21-/m0/s1. The third-order valence-electron chi connectivity index (χ3n) is 5.42. The van der Waals surface area contributed by atoms with Crippen molar-refractivity contribution in [3.63, 3.8) is 0 Å². The molecule has 2 saturated heterocycles. The van der Waals surface area contributed by atoms with Crippen molar-refractivity contribution in [1.82, 2.24) is 14.8 Å². The van der Waals surface area contributed by atoms with Gasteiger partial charge in [0.1, 0.15) is 17.7 Å². The highest BCUT2D eigenvalue weighted by atomic mass is 16.6. The molecule has 0 radical (unpaired) electrons. The molecule has 0 aromatic carbocycles. The zero-order valence-electron chi connectivity index (χ0n) is 17.5. The number of hydrogen-bond acceptors (Lipinski definition) is 7. The lowest BCUT2D eigenvalue weighted by Crippen LogP contribution is -2.65. The van der Waals surface area contributed by atoms with E-state index in [1.807, 2.05) is 6.07 Å². The van der Waals surface area contributed by atoms with Gasteiger partial charge in [-0.3, -0.25) is 14.7 Å². The van der Waals surface area contributed by atoms with E-state index in [0.29, 0.717) is 30.6 Å². The second-order valence-electron chi connectivity index (χ2n) is 8.79. The van der Waals surface area contributed by atoms with E-state index in [0.717, 1.165) is 0 Å². The molecule has 2 amide bonds. The van der Waals surface area contributed by atoms with Crippen LogP contribution in [0.2, 0.25) is 0 Å². The van der Waals surface area contributed by atoms with Crippen LogP contribution in [0.3, 0.4) is 0 Å². The van der Waals surface area contributed by atoms with Crippen LogP contribution < -0.4 is 5.73 Å². The van der Waals surface area contributed by atoms with Crippen molar-refractivity contribution in [2.75, 3.05) is 13.1 Å². The normalized spacial score (nSPS) is 26.2. The van der Waals surface area contributed by atoms with Crippen molar-refractivity contribution in [2.24, 2.45) is 5.73 Å². The number of ether oxygens (including phenoxy) is 1. The van der Waals surface area contributed by atoms with Gasteiger partial charge < -0.3 is 15.4 Å². The number of nitrogens with zero attached hydrogens (tertiary/aromatic N) is 5. The summed E-state index contributed by atoms with van der Waals surface area (Å²) >= 11 is 0. The first-order valence-electron chi connectivity index (χ1n) is 9.95. The van der Waals surface area contributed by atoms with Crippen LogP contribution in [-0.2, 0) is 9.53 Å². The Labute approximate surface area is 176 Å². The average Bonchev–Trinajstić information content (AvgIpc) is 3.31. The summed E-state index contributed by atoms with van der Waals surface area (Å²) in [5.41, 5.74) is 5.26. The summed E-state index contributed by atoms with van der Waals surface area (Å²) in [5.74, 6) is -0.754. The van der Waals surface area contributed by atoms with Crippen molar-refractivity contribution in [3.05, 3.63) is 29.6 Å². The predicted molar refractivity (Wildman–Crippen MR) is 107 cm³/mol. The lowest BCUT2D eigenvalue weighted by Gasteiger charge is -2.37. The van der Waals surface area contributed by atoms with Crippen molar-refractivity contribution in [2.45, 2.75) is 63.3 Å². The number of rotatable bonds is 2. The van der Waals surface area contributed by atoms with Crippen LogP contribution in [0.1, 0.15) is 57.2 Å². The smallest absolute Gasteiger partial charge is 0.412 e. The fourth-order valence-corrected chi connectivity index (χ4v) is 3.99. The highest BCUT2D eigenvalue weighted by molar-refractivity contribution is 5.91. The Hall–Kier alpha value is -3.17. The Morgan fingerprint density at radius 3 is 2.63 bits per heavy atom. The molecule has 1 aromatic rings. The molecule has 9 heteroatoms. The van der Waals surface area contributed by atoms with Crippen LogP contribution >= 0.6 is 0 Å². The number of nitriles is 2. The number of nitrogens with two attached hydrogens (primary N) is 1. The largest absolute Gasteiger partial charge is 0.444 e. The molecule has 2 N–H and O–H groups in total. The molecule has 0 aliphatic carbocycles. The fraction of sp³-hybridized carbons (Fsp3) is 0.571. The Bertz CT molecular complexity index is 911. The van der Waals surface area contributed by atoms with E-state index in [1.54, 1.807) is 32.9 Å². The Balaban J connectivity index is 1.93. The van der Waals surface area contributed by atoms with Gasteiger partial charge in [0.15, 0.2) is 5.66 Å². The molecular formula is C21H26N6O3. The summed E-state index contributed by atoms with van der Waals surface area (Å²) in [6, 6.07) is 6.96. The van der Waals surface area contributed by atoms with Gasteiger partial charge in [0.05, 0.1) is 11.6 Å². The highest BCUT2D eigenvalue weighted by Gasteiger charge is 2.55. The van der Waals surface area contributed by atoms with Crippen molar-refractivity contribution >= 4 is 12.0 Å². The third kappa shape index (κ3) is 4.07. The maximum Gasteiger partial charge on any atom is 0.412 e. The number of amides is 2. The number of likely N-dealkylation sites (tertiary alicyclic amines) is 2. The fourth-order valence-electron chi connectivity index (χ4n) is 3.99. The number of carbonyl (C=O) groups excluding carboxylic acids is 2. The van der Waals surface area contributed by atoms with E-state index in [2.05, 4.69) is 11.1 Å². The van der Waals surface area contributed by atoms with Crippen LogP contribution in [0.4, 0.5) is 4.79 Å². The van der Waals surface area contributed by atoms with Gasteiger partial charge in [0.2, 0.25) is 0 Å². The summed E-state index contributed by atoms with van der Waals surface area (Å²) < 4.78 is 5.51. The Kier molecular flexibility index (Phi) is 5.69. The molecular weight excluding hydrogens is 384 g/mol. The van der Waals surface area contributed by atoms with E-state index in [9.17, 15) is 14.9 Å². The molecule has 0 bridgehead atoms. The molecule has 1 unspecified atom stereocenters. The number of hydrogen-bond donors (Lipinski definition) is 1. The van der Waals surface area contributed by atoms with E-state index in [4.69, 9.17) is 15.7 Å². The van der Waals surface area contributed by atoms with Gasteiger partial charge in [-0.2, -0.15) is 10.5 Å². The zero-order valence-corrected chi connectivity index (χ0v) is 17.5. The third-order valence-corrected chi connectivity index (χ3v) is 5.42. The van der Waals surface area contributed by atoms with Crippen molar-refractivity contribution < 1.29 is 14.3 Å². The number of carbonyl (C=O) groups is 2. The first-order valence-corrected chi connectivity index (χ1v) is 9.95. The maximum atomic E-state index is 13.4. The summed E-state index contributed by atoms with van der Waals surface area (Å²) in [4.78, 5) is 33.4. The topological polar surface area (TPSA) is 136 Å². The van der Waals surface area contributed by atoms with Crippen LogP contribution in [0.15, 0.2) is 18.3 Å². The molecule has 2 fully saturated rings. The van der Waals surface area contributed by atoms with Crippen molar-refractivity contribution in [3.8, 4) is 12.1 Å².